The Morgan fingerprint density at radius 3 is 2.46 bits per heavy atom. The summed E-state index contributed by atoms with van der Waals surface area (Å²) in [4.78, 5) is 49.3. The minimum Gasteiger partial charge on any atom is -0.369 e. The van der Waals surface area contributed by atoms with Gasteiger partial charge in [-0.2, -0.15) is 4.98 Å². The third-order valence-electron chi connectivity index (χ3n) is 5.25. The molecule has 0 bridgehead atoms. The molecule has 1 aromatic carbocycles. The zero-order valence-corrected chi connectivity index (χ0v) is 20.8. The van der Waals surface area contributed by atoms with Gasteiger partial charge in [0.25, 0.3) is 5.91 Å². The second-order valence-electron chi connectivity index (χ2n) is 8.17. The highest BCUT2D eigenvalue weighted by Crippen LogP contribution is 2.20. The molecule has 0 aliphatic carbocycles. The molecule has 0 saturated heterocycles. The van der Waals surface area contributed by atoms with Crippen LogP contribution in [-0.2, 0) is 16.0 Å². The molecular formula is C27H31N7O3. The third kappa shape index (κ3) is 8.84. The average molecular weight is 502 g/mol. The van der Waals surface area contributed by atoms with E-state index in [1.165, 1.54) is 12.3 Å². The largest absolute Gasteiger partial charge is 0.369 e. The first-order valence-electron chi connectivity index (χ1n) is 12.1. The summed E-state index contributed by atoms with van der Waals surface area (Å²) in [5.74, 6) is -0.0334. The lowest BCUT2D eigenvalue weighted by atomic mass is 10.2. The van der Waals surface area contributed by atoms with E-state index in [9.17, 15) is 14.4 Å². The van der Waals surface area contributed by atoms with Gasteiger partial charge >= 0.3 is 0 Å². The van der Waals surface area contributed by atoms with Gasteiger partial charge in [0.05, 0.1) is 0 Å². The number of carbonyl (C=O) groups excluding carboxylic acids is 3. The Morgan fingerprint density at radius 2 is 1.73 bits per heavy atom. The molecule has 0 aliphatic heterocycles. The average Bonchev–Trinajstić information content (AvgIpc) is 2.91. The van der Waals surface area contributed by atoms with Crippen LogP contribution in [0.3, 0.4) is 0 Å². The molecule has 4 N–H and O–H groups in total. The lowest BCUT2D eigenvalue weighted by Crippen LogP contribution is -2.18. The molecule has 2 amide bonds. The number of hydrogen-bond donors (Lipinski definition) is 4. The SMILES string of the molecule is C=CC(=O)CCC(=O)Nc1cccc(NC(=O)c2cnc(NCCc3ccncc3)nc2NCCC)c1. The molecular weight excluding hydrogens is 470 g/mol. The highest BCUT2D eigenvalue weighted by atomic mass is 16.2. The van der Waals surface area contributed by atoms with Gasteiger partial charge in [-0.05, 0) is 54.8 Å². The minimum atomic E-state index is -0.387. The maximum Gasteiger partial charge on any atom is 0.260 e. The van der Waals surface area contributed by atoms with Crippen LogP contribution in [0, 0.1) is 0 Å². The fourth-order valence-electron chi connectivity index (χ4n) is 3.31. The van der Waals surface area contributed by atoms with E-state index in [0.29, 0.717) is 41.8 Å². The monoisotopic (exact) mass is 501 g/mol. The third-order valence-corrected chi connectivity index (χ3v) is 5.25. The van der Waals surface area contributed by atoms with E-state index in [1.807, 2.05) is 19.1 Å². The van der Waals surface area contributed by atoms with Crippen molar-refractivity contribution in [3.05, 3.63) is 78.8 Å². The number of aromatic nitrogens is 3. The molecule has 0 spiro atoms. The first kappa shape index (κ1) is 27.0. The van der Waals surface area contributed by atoms with Crippen molar-refractivity contribution in [2.45, 2.75) is 32.6 Å². The Balaban J connectivity index is 1.64. The van der Waals surface area contributed by atoms with Gasteiger partial charge in [0.15, 0.2) is 5.78 Å². The summed E-state index contributed by atoms with van der Waals surface area (Å²) in [6, 6.07) is 10.7. The van der Waals surface area contributed by atoms with E-state index in [-0.39, 0.29) is 30.4 Å². The Bertz CT molecular complexity index is 1230. The predicted octanol–water partition coefficient (Wildman–Crippen LogP) is 4.07. The maximum atomic E-state index is 13.1. The summed E-state index contributed by atoms with van der Waals surface area (Å²) >= 11 is 0. The standard InChI is InChI=1S/C27H31N7O3/c1-3-13-29-25-23(18-31-27(34-25)30-16-12-19-10-14-28-15-11-19)26(37)33-21-7-5-6-20(17-21)32-24(36)9-8-22(35)4-2/h4-7,10-11,14-15,17-18H,2-3,8-9,12-13,16H2,1H3,(H,32,36)(H,33,37)(H2,29,30,31,34). The predicted molar refractivity (Wildman–Crippen MR) is 145 cm³/mol. The topological polar surface area (TPSA) is 138 Å². The van der Waals surface area contributed by atoms with E-state index >= 15 is 0 Å². The molecule has 37 heavy (non-hydrogen) atoms. The normalized spacial score (nSPS) is 10.3. The minimum absolute atomic E-state index is 0.0498. The van der Waals surface area contributed by atoms with E-state index in [2.05, 4.69) is 42.8 Å². The second-order valence-corrected chi connectivity index (χ2v) is 8.17. The fourth-order valence-corrected chi connectivity index (χ4v) is 3.31. The number of nitrogens with zero attached hydrogens (tertiary/aromatic N) is 3. The zero-order chi connectivity index (χ0) is 26.5. The van der Waals surface area contributed by atoms with Crippen molar-refractivity contribution in [2.24, 2.45) is 0 Å². The molecule has 0 saturated carbocycles. The lowest BCUT2D eigenvalue weighted by molar-refractivity contribution is -0.120. The van der Waals surface area contributed by atoms with Crippen LogP contribution in [0.15, 0.2) is 67.6 Å². The van der Waals surface area contributed by atoms with Gasteiger partial charge in [-0.3, -0.25) is 19.4 Å². The summed E-state index contributed by atoms with van der Waals surface area (Å²) in [6.07, 6.45) is 7.96. The van der Waals surface area contributed by atoms with Gasteiger partial charge in [-0.25, -0.2) is 4.98 Å². The number of rotatable bonds is 14. The van der Waals surface area contributed by atoms with E-state index in [1.54, 1.807) is 36.7 Å². The quantitative estimate of drug-likeness (QED) is 0.243. The first-order valence-corrected chi connectivity index (χ1v) is 12.1. The number of amides is 2. The number of allylic oxidation sites excluding steroid dienone is 1. The fraction of sp³-hybridized carbons (Fsp3) is 0.259. The van der Waals surface area contributed by atoms with E-state index in [4.69, 9.17) is 0 Å². The molecule has 10 heteroatoms. The number of hydrogen-bond acceptors (Lipinski definition) is 8. The van der Waals surface area contributed by atoms with Gasteiger partial charge in [0, 0.05) is 55.9 Å². The molecule has 3 rings (SSSR count). The van der Waals surface area contributed by atoms with Gasteiger partial charge in [0.2, 0.25) is 11.9 Å². The molecule has 0 unspecified atom stereocenters. The van der Waals surface area contributed by atoms with Crippen LogP contribution >= 0.6 is 0 Å². The molecule has 0 fully saturated rings. The lowest BCUT2D eigenvalue weighted by Gasteiger charge is -2.13. The van der Waals surface area contributed by atoms with Gasteiger partial charge in [-0.15, -0.1) is 0 Å². The van der Waals surface area contributed by atoms with Gasteiger partial charge in [0.1, 0.15) is 11.4 Å². The van der Waals surface area contributed by atoms with Crippen LogP contribution in [0.25, 0.3) is 0 Å². The highest BCUT2D eigenvalue weighted by Gasteiger charge is 2.16. The Hall–Kier alpha value is -4.60. The molecule has 192 valence electrons. The smallest absolute Gasteiger partial charge is 0.260 e. The van der Waals surface area contributed by atoms with E-state index < -0.39 is 0 Å². The molecule has 0 aliphatic rings. The number of anilines is 4. The van der Waals surface area contributed by atoms with Gasteiger partial charge in [-0.1, -0.05) is 19.6 Å². The van der Waals surface area contributed by atoms with Crippen LogP contribution in [0.5, 0.6) is 0 Å². The van der Waals surface area contributed by atoms with Crippen LogP contribution < -0.4 is 21.3 Å². The number of nitrogens with one attached hydrogen (secondary N) is 4. The highest BCUT2D eigenvalue weighted by molar-refractivity contribution is 6.07. The molecule has 0 radical (unpaired) electrons. The number of ketones is 1. The van der Waals surface area contributed by atoms with Crippen LogP contribution in [-0.4, -0.2) is 45.6 Å². The van der Waals surface area contributed by atoms with Gasteiger partial charge < -0.3 is 21.3 Å². The first-order chi connectivity index (χ1) is 18.0. The number of benzene rings is 1. The Labute approximate surface area is 216 Å². The summed E-state index contributed by atoms with van der Waals surface area (Å²) in [6.45, 7) is 6.69. The van der Waals surface area contributed by atoms with E-state index in [0.717, 1.165) is 18.4 Å². The van der Waals surface area contributed by atoms with Crippen molar-refractivity contribution >= 4 is 40.7 Å². The molecule has 10 nitrogen and oxygen atoms in total. The summed E-state index contributed by atoms with van der Waals surface area (Å²) < 4.78 is 0. The van der Waals surface area contributed by atoms with Crippen LogP contribution in [0.1, 0.15) is 42.1 Å². The van der Waals surface area contributed by atoms with Crippen molar-refractivity contribution in [1.29, 1.82) is 0 Å². The zero-order valence-electron chi connectivity index (χ0n) is 20.8. The Kier molecular flexibility index (Phi) is 10.3. The van der Waals surface area contributed by atoms with Crippen molar-refractivity contribution in [2.75, 3.05) is 34.4 Å². The van der Waals surface area contributed by atoms with Crippen molar-refractivity contribution in [3.8, 4) is 0 Å². The molecule has 2 aromatic heterocycles. The number of carbonyl (C=O) groups is 3. The second kappa shape index (κ2) is 14.1. The maximum absolute atomic E-state index is 13.1. The number of pyridine rings is 1. The Morgan fingerprint density at radius 1 is 0.973 bits per heavy atom. The van der Waals surface area contributed by atoms with Crippen LogP contribution in [0.4, 0.5) is 23.1 Å². The molecule has 3 aromatic rings. The summed E-state index contributed by atoms with van der Waals surface area (Å²) in [7, 11) is 0. The molecule has 2 heterocycles. The van der Waals surface area contributed by atoms with Crippen LogP contribution in [0.2, 0.25) is 0 Å². The summed E-state index contributed by atoms with van der Waals surface area (Å²) in [5, 5.41) is 11.9. The van der Waals surface area contributed by atoms with Crippen molar-refractivity contribution in [3.63, 3.8) is 0 Å². The van der Waals surface area contributed by atoms with Crippen molar-refractivity contribution < 1.29 is 14.4 Å². The molecule has 0 atom stereocenters. The summed E-state index contributed by atoms with van der Waals surface area (Å²) in [5.41, 5.74) is 2.44. The van der Waals surface area contributed by atoms with Crippen molar-refractivity contribution in [1.82, 2.24) is 15.0 Å².